The van der Waals surface area contributed by atoms with Crippen LogP contribution >= 0.6 is 0 Å². The maximum absolute atomic E-state index is 5.98. The van der Waals surface area contributed by atoms with Crippen LogP contribution in [0.4, 0.5) is 5.82 Å². The predicted octanol–water partition coefficient (Wildman–Crippen LogP) is 2.01. The van der Waals surface area contributed by atoms with Crippen LogP contribution in [0.15, 0.2) is 0 Å². The van der Waals surface area contributed by atoms with E-state index < -0.39 is 0 Å². The number of rotatable bonds is 2. The number of aryl methyl sites for hydroxylation is 1. The van der Waals surface area contributed by atoms with E-state index in [2.05, 4.69) is 23.8 Å². The van der Waals surface area contributed by atoms with Crippen molar-refractivity contribution in [2.24, 2.45) is 0 Å². The third-order valence-electron chi connectivity index (χ3n) is 3.18. The summed E-state index contributed by atoms with van der Waals surface area (Å²) >= 11 is 0. The zero-order chi connectivity index (χ0) is 13.3. The number of ether oxygens (including phenoxy) is 2. The molecule has 1 saturated heterocycles. The lowest BCUT2D eigenvalue weighted by Gasteiger charge is -2.32. The standard InChI is InChI=1S/C13H21N3O2/c1-7-5-11(6-8(2)17-7)18-13-9(3)12(14)15-10(4)16-13/h7-8,11H,5-6H2,1-4H3,(H2,14,15,16). The fraction of sp³-hybridized carbons (Fsp3) is 0.692. The fourth-order valence-corrected chi connectivity index (χ4v) is 2.34. The molecule has 1 aromatic heterocycles. The van der Waals surface area contributed by atoms with E-state index in [9.17, 15) is 0 Å². The Kier molecular flexibility index (Phi) is 3.71. The molecule has 0 saturated carbocycles. The number of nitrogen functional groups attached to an aromatic ring is 1. The van der Waals surface area contributed by atoms with Gasteiger partial charge in [-0.3, -0.25) is 0 Å². The van der Waals surface area contributed by atoms with Crippen LogP contribution in [0.5, 0.6) is 5.88 Å². The summed E-state index contributed by atoms with van der Waals surface area (Å²) in [5.74, 6) is 1.73. The van der Waals surface area contributed by atoms with E-state index in [0.29, 0.717) is 17.5 Å². The van der Waals surface area contributed by atoms with Crippen LogP contribution in [0.3, 0.4) is 0 Å². The van der Waals surface area contributed by atoms with Gasteiger partial charge in [-0.25, -0.2) is 4.98 Å². The lowest BCUT2D eigenvalue weighted by molar-refractivity contribution is -0.0731. The Morgan fingerprint density at radius 3 is 2.39 bits per heavy atom. The first kappa shape index (κ1) is 13.1. The first-order valence-corrected chi connectivity index (χ1v) is 6.38. The number of aromatic nitrogens is 2. The van der Waals surface area contributed by atoms with E-state index in [1.54, 1.807) is 0 Å². The zero-order valence-corrected chi connectivity index (χ0v) is 11.4. The Hall–Kier alpha value is -1.36. The minimum absolute atomic E-state index is 0.135. The molecule has 2 atom stereocenters. The van der Waals surface area contributed by atoms with Crippen molar-refractivity contribution in [1.82, 2.24) is 9.97 Å². The largest absolute Gasteiger partial charge is 0.474 e. The molecule has 1 fully saturated rings. The molecule has 1 aliphatic heterocycles. The van der Waals surface area contributed by atoms with Gasteiger partial charge in [-0.1, -0.05) is 0 Å². The van der Waals surface area contributed by atoms with Gasteiger partial charge in [0.25, 0.3) is 0 Å². The summed E-state index contributed by atoms with van der Waals surface area (Å²) in [4.78, 5) is 8.44. The molecule has 1 aliphatic rings. The van der Waals surface area contributed by atoms with Crippen molar-refractivity contribution in [3.63, 3.8) is 0 Å². The summed E-state index contributed by atoms with van der Waals surface area (Å²) in [7, 11) is 0. The Morgan fingerprint density at radius 1 is 1.17 bits per heavy atom. The van der Waals surface area contributed by atoms with Gasteiger partial charge in [-0.05, 0) is 27.7 Å². The number of hydrogen-bond acceptors (Lipinski definition) is 5. The van der Waals surface area contributed by atoms with Crippen LogP contribution in [-0.2, 0) is 4.74 Å². The third kappa shape index (κ3) is 2.90. The first-order chi connectivity index (χ1) is 8.45. The fourth-order valence-electron chi connectivity index (χ4n) is 2.34. The Balaban J connectivity index is 2.14. The summed E-state index contributed by atoms with van der Waals surface area (Å²) in [5, 5.41) is 0. The monoisotopic (exact) mass is 251 g/mol. The molecule has 0 spiro atoms. The summed E-state index contributed by atoms with van der Waals surface area (Å²) < 4.78 is 11.7. The van der Waals surface area contributed by atoms with Crippen LogP contribution in [0.2, 0.25) is 0 Å². The Bertz CT molecular complexity index is 426. The molecule has 2 rings (SSSR count). The van der Waals surface area contributed by atoms with Crippen molar-refractivity contribution < 1.29 is 9.47 Å². The zero-order valence-electron chi connectivity index (χ0n) is 11.4. The molecule has 100 valence electrons. The second-order valence-corrected chi connectivity index (χ2v) is 5.05. The van der Waals surface area contributed by atoms with Gasteiger partial charge in [0.05, 0.1) is 17.8 Å². The van der Waals surface area contributed by atoms with Crippen LogP contribution in [0.25, 0.3) is 0 Å². The van der Waals surface area contributed by atoms with Crippen molar-refractivity contribution in [3.05, 3.63) is 11.4 Å². The summed E-state index contributed by atoms with van der Waals surface area (Å²) in [6.45, 7) is 7.84. The maximum atomic E-state index is 5.98. The topological polar surface area (TPSA) is 70.3 Å². The van der Waals surface area contributed by atoms with Crippen LogP contribution in [0.1, 0.15) is 38.1 Å². The SMILES string of the molecule is Cc1nc(N)c(C)c(OC2CC(C)OC(C)C2)n1. The molecule has 1 aromatic rings. The molecule has 0 radical (unpaired) electrons. The van der Waals surface area contributed by atoms with Gasteiger partial charge >= 0.3 is 0 Å². The lowest BCUT2D eigenvalue weighted by Crippen LogP contribution is -2.36. The number of nitrogens with zero attached hydrogens (tertiary/aromatic N) is 2. The highest BCUT2D eigenvalue weighted by Gasteiger charge is 2.26. The average Bonchev–Trinajstić information content (AvgIpc) is 2.23. The van der Waals surface area contributed by atoms with Gasteiger partial charge in [0.15, 0.2) is 0 Å². The third-order valence-corrected chi connectivity index (χ3v) is 3.18. The normalized spacial score (nSPS) is 28.1. The molecule has 2 N–H and O–H groups in total. The Labute approximate surface area is 108 Å². The van der Waals surface area contributed by atoms with E-state index in [-0.39, 0.29) is 18.3 Å². The molecule has 2 unspecified atom stereocenters. The van der Waals surface area contributed by atoms with Crippen molar-refractivity contribution in [2.45, 2.75) is 58.8 Å². The van der Waals surface area contributed by atoms with E-state index in [4.69, 9.17) is 15.2 Å². The highest BCUT2D eigenvalue weighted by molar-refractivity contribution is 5.44. The van der Waals surface area contributed by atoms with Crippen LogP contribution in [0, 0.1) is 13.8 Å². The van der Waals surface area contributed by atoms with Gasteiger partial charge in [-0.15, -0.1) is 0 Å². The molecular weight excluding hydrogens is 230 g/mol. The molecular formula is C13H21N3O2. The summed E-state index contributed by atoms with van der Waals surface area (Å²) in [5.41, 5.74) is 6.64. The van der Waals surface area contributed by atoms with Gasteiger partial charge in [0, 0.05) is 12.8 Å². The average molecular weight is 251 g/mol. The smallest absolute Gasteiger partial charge is 0.222 e. The summed E-state index contributed by atoms with van der Waals surface area (Å²) in [6, 6.07) is 0. The highest BCUT2D eigenvalue weighted by Crippen LogP contribution is 2.26. The van der Waals surface area contributed by atoms with E-state index in [1.807, 2.05) is 13.8 Å². The summed E-state index contributed by atoms with van der Waals surface area (Å²) in [6.07, 6.45) is 2.34. The minimum atomic E-state index is 0.135. The number of anilines is 1. The molecule has 5 heteroatoms. The van der Waals surface area contributed by atoms with Crippen molar-refractivity contribution in [1.29, 1.82) is 0 Å². The van der Waals surface area contributed by atoms with E-state index >= 15 is 0 Å². The molecule has 0 amide bonds. The quantitative estimate of drug-likeness (QED) is 0.870. The molecule has 0 aromatic carbocycles. The van der Waals surface area contributed by atoms with Gasteiger partial charge < -0.3 is 15.2 Å². The molecule has 5 nitrogen and oxygen atoms in total. The molecule has 0 bridgehead atoms. The molecule has 0 aliphatic carbocycles. The van der Waals surface area contributed by atoms with E-state index in [1.165, 1.54) is 0 Å². The number of hydrogen-bond donors (Lipinski definition) is 1. The second kappa shape index (κ2) is 5.10. The van der Waals surface area contributed by atoms with Crippen molar-refractivity contribution in [3.8, 4) is 5.88 Å². The second-order valence-electron chi connectivity index (χ2n) is 5.05. The minimum Gasteiger partial charge on any atom is -0.474 e. The van der Waals surface area contributed by atoms with E-state index in [0.717, 1.165) is 18.4 Å². The maximum Gasteiger partial charge on any atom is 0.222 e. The predicted molar refractivity (Wildman–Crippen MR) is 69.6 cm³/mol. The first-order valence-electron chi connectivity index (χ1n) is 6.38. The Morgan fingerprint density at radius 2 is 1.78 bits per heavy atom. The number of nitrogens with two attached hydrogens (primary N) is 1. The highest BCUT2D eigenvalue weighted by atomic mass is 16.5. The van der Waals surface area contributed by atoms with Gasteiger partial charge in [0.2, 0.25) is 5.88 Å². The lowest BCUT2D eigenvalue weighted by atomic mass is 10.0. The van der Waals surface area contributed by atoms with Crippen molar-refractivity contribution >= 4 is 5.82 Å². The molecule has 2 heterocycles. The molecule has 18 heavy (non-hydrogen) atoms. The van der Waals surface area contributed by atoms with Gasteiger partial charge in [-0.2, -0.15) is 4.98 Å². The van der Waals surface area contributed by atoms with Crippen molar-refractivity contribution in [2.75, 3.05) is 5.73 Å². The van der Waals surface area contributed by atoms with Gasteiger partial charge in [0.1, 0.15) is 17.7 Å². The van der Waals surface area contributed by atoms with Crippen LogP contribution < -0.4 is 10.5 Å². The van der Waals surface area contributed by atoms with Crippen LogP contribution in [-0.4, -0.2) is 28.3 Å².